The molecule has 0 fully saturated rings. The maximum absolute atomic E-state index is 13.3. The number of benzene rings is 2. The number of fused-ring (bicyclic) bond motifs is 1. The summed E-state index contributed by atoms with van der Waals surface area (Å²) in [5.41, 5.74) is 0.497. The fraction of sp³-hybridized carbons (Fsp3) is 0.375. The first-order valence-electron chi connectivity index (χ1n) is 10.7. The van der Waals surface area contributed by atoms with Crippen LogP contribution in [-0.2, 0) is 0 Å². The van der Waals surface area contributed by atoms with Gasteiger partial charge >= 0.3 is 0 Å². The molecule has 0 unspecified atom stereocenters. The molecule has 3 aromatic rings. The number of hydrogen-bond donors (Lipinski definition) is 0. The minimum atomic E-state index is -0.475. The zero-order valence-electron chi connectivity index (χ0n) is 19.3. The quantitative estimate of drug-likeness (QED) is 0.222. The Bertz CT molecular complexity index is 1280. The van der Waals surface area contributed by atoms with Crippen LogP contribution in [0, 0.1) is 15.5 Å². The second-order valence-electron chi connectivity index (χ2n) is 9.13. The van der Waals surface area contributed by atoms with Gasteiger partial charge in [-0.15, -0.1) is 0 Å². The van der Waals surface area contributed by atoms with E-state index in [1.807, 2.05) is 40.7 Å². The summed E-state index contributed by atoms with van der Waals surface area (Å²) < 4.78 is 7.95. The van der Waals surface area contributed by atoms with Gasteiger partial charge in [0.2, 0.25) is 0 Å². The molecule has 2 aromatic carbocycles. The van der Waals surface area contributed by atoms with E-state index in [4.69, 9.17) is 4.74 Å². The number of ether oxygens (including phenoxy) is 1. The van der Waals surface area contributed by atoms with Crippen molar-refractivity contribution in [2.45, 2.75) is 47.0 Å². The van der Waals surface area contributed by atoms with E-state index in [-0.39, 0.29) is 22.6 Å². The van der Waals surface area contributed by atoms with Gasteiger partial charge in [-0.1, -0.05) is 50.5 Å². The van der Waals surface area contributed by atoms with E-state index >= 15 is 0 Å². The first kappa shape index (κ1) is 24.6. The number of halogens is 1. The number of nitro groups is 1. The summed E-state index contributed by atoms with van der Waals surface area (Å²) in [5.74, 6) is 0.953. The zero-order valence-corrected chi connectivity index (χ0v) is 20.9. The van der Waals surface area contributed by atoms with Gasteiger partial charge in [0, 0.05) is 28.1 Å². The van der Waals surface area contributed by atoms with Crippen LogP contribution in [-0.4, -0.2) is 27.4 Å². The number of aromatic nitrogens is 2. The predicted octanol–water partition coefficient (Wildman–Crippen LogP) is 5.89. The molecule has 0 radical (unpaired) electrons. The largest absolute Gasteiger partial charge is 0.492 e. The van der Waals surface area contributed by atoms with Crippen LogP contribution >= 0.6 is 15.9 Å². The molecule has 33 heavy (non-hydrogen) atoms. The van der Waals surface area contributed by atoms with Crippen molar-refractivity contribution in [1.29, 1.82) is 0 Å². The molecule has 174 valence electrons. The number of hydrogen-bond acceptors (Lipinski definition) is 6. The van der Waals surface area contributed by atoms with Crippen LogP contribution in [0.25, 0.3) is 10.9 Å². The Kier molecular flexibility index (Phi) is 7.31. The third-order valence-corrected chi connectivity index (χ3v) is 5.56. The van der Waals surface area contributed by atoms with Crippen molar-refractivity contribution in [3.05, 3.63) is 72.7 Å². The summed E-state index contributed by atoms with van der Waals surface area (Å²) in [4.78, 5) is 28.8. The molecule has 0 bridgehead atoms. The van der Waals surface area contributed by atoms with E-state index in [1.165, 1.54) is 23.0 Å². The summed E-state index contributed by atoms with van der Waals surface area (Å²) in [6.07, 6.45) is 2.19. The number of nitrogens with zero attached hydrogens (tertiary/aromatic N) is 4. The summed E-state index contributed by atoms with van der Waals surface area (Å²) >= 11 is 3.40. The smallest absolute Gasteiger partial charge is 0.282 e. The van der Waals surface area contributed by atoms with Gasteiger partial charge in [-0.3, -0.25) is 14.9 Å². The molecule has 0 saturated carbocycles. The molecular formula is C24H27BrN4O4. The number of nitro benzene ring substituents is 1. The fourth-order valence-electron chi connectivity index (χ4n) is 3.08. The maximum atomic E-state index is 13.3. The van der Waals surface area contributed by atoms with Gasteiger partial charge in [0.15, 0.2) is 0 Å². The average Bonchev–Trinajstić information content (AvgIpc) is 2.76. The van der Waals surface area contributed by atoms with Gasteiger partial charge in [-0.25, -0.2) is 4.98 Å². The van der Waals surface area contributed by atoms with Crippen LogP contribution in [0.4, 0.5) is 5.69 Å². The Hall–Kier alpha value is -3.07. The van der Waals surface area contributed by atoms with Crippen LogP contribution in [0.1, 0.15) is 58.3 Å². The van der Waals surface area contributed by atoms with E-state index in [9.17, 15) is 14.9 Å². The lowest BCUT2D eigenvalue weighted by atomic mass is 9.98. The highest BCUT2D eigenvalue weighted by atomic mass is 79.9. The summed E-state index contributed by atoms with van der Waals surface area (Å²) in [5, 5.41) is 16.2. The Morgan fingerprint density at radius 3 is 2.64 bits per heavy atom. The highest BCUT2D eigenvalue weighted by Crippen LogP contribution is 2.26. The molecule has 0 spiro atoms. The zero-order chi connectivity index (χ0) is 24.3. The van der Waals surface area contributed by atoms with Crippen molar-refractivity contribution >= 4 is 38.7 Å². The molecule has 8 nitrogen and oxygen atoms in total. The average molecular weight is 515 g/mol. The van der Waals surface area contributed by atoms with E-state index in [2.05, 4.69) is 26.0 Å². The molecule has 3 rings (SSSR count). The minimum absolute atomic E-state index is 0.0235. The Balaban J connectivity index is 2.16. The monoisotopic (exact) mass is 514 g/mol. The molecule has 0 aliphatic heterocycles. The molecular weight excluding hydrogens is 488 g/mol. The first-order chi connectivity index (χ1) is 15.5. The second-order valence-corrected chi connectivity index (χ2v) is 10.0. The van der Waals surface area contributed by atoms with Crippen molar-refractivity contribution in [2.24, 2.45) is 10.5 Å². The van der Waals surface area contributed by atoms with Crippen LogP contribution in [0.5, 0.6) is 5.75 Å². The molecule has 0 amide bonds. The lowest BCUT2D eigenvalue weighted by Crippen LogP contribution is -2.24. The third kappa shape index (κ3) is 5.84. The van der Waals surface area contributed by atoms with Crippen molar-refractivity contribution in [2.75, 3.05) is 6.61 Å². The SMILES string of the molecule is CC[C@@H](C)c1nc2ccc(Br)cc2c(=O)n1N=Cc1cc([N+](=O)[O-])ccc1OCC(C)(C)C. The van der Waals surface area contributed by atoms with Crippen LogP contribution in [0.3, 0.4) is 0 Å². The first-order valence-corrected chi connectivity index (χ1v) is 11.5. The Morgan fingerprint density at radius 1 is 1.27 bits per heavy atom. The fourth-order valence-corrected chi connectivity index (χ4v) is 3.44. The van der Waals surface area contributed by atoms with Crippen LogP contribution < -0.4 is 10.3 Å². The van der Waals surface area contributed by atoms with Gasteiger partial charge in [0.25, 0.3) is 11.2 Å². The van der Waals surface area contributed by atoms with E-state index in [0.29, 0.717) is 34.6 Å². The topological polar surface area (TPSA) is 99.6 Å². The van der Waals surface area contributed by atoms with E-state index < -0.39 is 4.92 Å². The molecule has 1 atom stereocenters. The van der Waals surface area contributed by atoms with Gasteiger partial charge < -0.3 is 4.74 Å². The number of non-ortho nitro benzene ring substituents is 1. The van der Waals surface area contributed by atoms with Crippen molar-refractivity contribution in [1.82, 2.24) is 9.66 Å². The Labute approximate surface area is 200 Å². The van der Waals surface area contributed by atoms with Crippen LogP contribution in [0.2, 0.25) is 0 Å². The lowest BCUT2D eigenvalue weighted by Gasteiger charge is -2.19. The van der Waals surface area contributed by atoms with Gasteiger partial charge in [0.1, 0.15) is 11.6 Å². The minimum Gasteiger partial charge on any atom is -0.492 e. The summed E-state index contributed by atoms with van der Waals surface area (Å²) in [6.45, 7) is 10.5. The second kappa shape index (κ2) is 9.82. The van der Waals surface area contributed by atoms with Crippen LogP contribution in [0.15, 0.2) is 50.8 Å². The predicted molar refractivity (Wildman–Crippen MR) is 133 cm³/mol. The summed E-state index contributed by atoms with van der Waals surface area (Å²) in [6, 6.07) is 9.67. The third-order valence-electron chi connectivity index (χ3n) is 5.06. The molecule has 0 N–H and O–H groups in total. The van der Waals surface area contributed by atoms with E-state index in [1.54, 1.807) is 18.2 Å². The highest BCUT2D eigenvalue weighted by Gasteiger charge is 2.18. The van der Waals surface area contributed by atoms with Crippen molar-refractivity contribution in [3.63, 3.8) is 0 Å². The van der Waals surface area contributed by atoms with Gasteiger partial charge in [-0.05, 0) is 36.1 Å². The molecule has 9 heteroatoms. The maximum Gasteiger partial charge on any atom is 0.282 e. The van der Waals surface area contributed by atoms with Gasteiger partial charge in [-0.2, -0.15) is 9.78 Å². The summed E-state index contributed by atoms with van der Waals surface area (Å²) in [7, 11) is 0. The molecule has 1 heterocycles. The molecule has 0 aliphatic rings. The van der Waals surface area contributed by atoms with Crippen molar-refractivity contribution < 1.29 is 9.66 Å². The molecule has 0 aliphatic carbocycles. The Morgan fingerprint density at radius 2 is 2.00 bits per heavy atom. The van der Waals surface area contributed by atoms with E-state index in [0.717, 1.165) is 10.9 Å². The molecule has 0 saturated heterocycles. The molecule has 1 aromatic heterocycles. The standard InChI is InChI=1S/C24H27BrN4O4/c1-6-15(2)22-27-20-9-7-17(25)12-19(20)23(30)28(22)26-13-16-11-18(29(31)32)8-10-21(16)33-14-24(3,4)5/h7-13,15H,6,14H2,1-5H3/t15-/m1/s1. The highest BCUT2D eigenvalue weighted by molar-refractivity contribution is 9.10. The lowest BCUT2D eigenvalue weighted by molar-refractivity contribution is -0.384. The normalized spacial score (nSPS) is 12.9. The van der Waals surface area contributed by atoms with Crippen molar-refractivity contribution in [3.8, 4) is 5.75 Å². The number of rotatable bonds is 7. The van der Waals surface area contributed by atoms with Gasteiger partial charge in [0.05, 0.1) is 28.6 Å².